The van der Waals surface area contributed by atoms with Gasteiger partial charge < -0.3 is 9.40 Å². The lowest BCUT2D eigenvalue weighted by molar-refractivity contribution is 0.453. The molecule has 0 aliphatic heterocycles. The van der Waals surface area contributed by atoms with Gasteiger partial charge in [0.2, 0.25) is 0 Å². The highest BCUT2D eigenvalue weighted by molar-refractivity contribution is 14.1. The Bertz CT molecular complexity index is 537. The Morgan fingerprint density at radius 1 is 1.60 bits per heavy atom. The number of nitrogens with zero attached hydrogens (tertiary/aromatic N) is 2. The average molecular weight is 335 g/mol. The molecule has 0 aliphatic carbocycles. The van der Waals surface area contributed by atoms with Gasteiger partial charge in [-0.1, -0.05) is 0 Å². The van der Waals surface area contributed by atoms with Crippen LogP contribution in [0, 0.1) is 10.5 Å². The van der Waals surface area contributed by atoms with Crippen LogP contribution in [0.1, 0.15) is 5.69 Å². The summed E-state index contributed by atoms with van der Waals surface area (Å²) >= 11 is 3.17. The number of aromatic nitrogens is 3. The van der Waals surface area contributed by atoms with Crippen LogP contribution in [-0.2, 0) is 0 Å². The number of hydrogen-bond donors (Lipinski definition) is 1. The van der Waals surface area contributed by atoms with Crippen molar-refractivity contribution in [2.24, 2.45) is 0 Å². The molecule has 2 rings (SSSR count). The number of oxazole rings is 1. The lowest BCUT2D eigenvalue weighted by Gasteiger charge is -1.97. The fourth-order valence-electron chi connectivity index (χ4n) is 0.900. The highest BCUT2D eigenvalue weighted by Gasteiger charge is 2.10. The zero-order valence-corrected chi connectivity index (χ0v) is 10.6. The van der Waals surface area contributed by atoms with Crippen molar-refractivity contribution in [2.75, 3.05) is 0 Å². The van der Waals surface area contributed by atoms with Crippen molar-refractivity contribution < 1.29 is 4.42 Å². The molecule has 78 valence electrons. The first-order valence-corrected chi connectivity index (χ1v) is 5.89. The van der Waals surface area contributed by atoms with E-state index in [1.54, 1.807) is 6.26 Å². The van der Waals surface area contributed by atoms with Crippen molar-refractivity contribution >= 4 is 34.4 Å². The van der Waals surface area contributed by atoms with Gasteiger partial charge in [0.1, 0.15) is 14.9 Å². The van der Waals surface area contributed by atoms with Crippen LogP contribution in [0.4, 0.5) is 0 Å². The Balaban J connectivity index is 2.32. The highest BCUT2D eigenvalue weighted by atomic mass is 127. The Hall–Kier alpha value is -0.830. The van der Waals surface area contributed by atoms with Gasteiger partial charge in [0.15, 0.2) is 0 Å². The van der Waals surface area contributed by atoms with E-state index in [9.17, 15) is 4.79 Å². The third kappa shape index (κ3) is 2.40. The van der Waals surface area contributed by atoms with Crippen molar-refractivity contribution in [2.45, 2.75) is 17.2 Å². The monoisotopic (exact) mass is 335 g/mol. The van der Waals surface area contributed by atoms with E-state index in [4.69, 9.17) is 4.42 Å². The zero-order valence-electron chi connectivity index (χ0n) is 7.65. The molecule has 2 heterocycles. The zero-order chi connectivity index (χ0) is 10.8. The summed E-state index contributed by atoms with van der Waals surface area (Å²) in [5, 5.41) is 1.09. The largest absolute Gasteiger partial charge is 0.439 e. The van der Waals surface area contributed by atoms with E-state index < -0.39 is 0 Å². The van der Waals surface area contributed by atoms with E-state index in [-0.39, 0.29) is 5.56 Å². The van der Waals surface area contributed by atoms with Gasteiger partial charge in [-0.2, -0.15) is 0 Å². The molecule has 0 aliphatic rings. The fraction of sp³-hybridized carbons (Fsp3) is 0.125. The van der Waals surface area contributed by atoms with Crippen LogP contribution >= 0.6 is 34.4 Å². The standard InChI is InChI=1S/C8H6IN3O2S/c1-4-2-14-8(12-4)15-7-5(9)6(13)10-3-11-7/h2-3H,1H3,(H,10,11,13). The van der Waals surface area contributed by atoms with Crippen LogP contribution < -0.4 is 5.56 Å². The third-order valence-electron chi connectivity index (χ3n) is 1.55. The summed E-state index contributed by atoms with van der Waals surface area (Å²) in [6.45, 7) is 1.84. The molecule has 0 saturated carbocycles. The highest BCUT2D eigenvalue weighted by Crippen LogP contribution is 2.26. The van der Waals surface area contributed by atoms with Gasteiger partial charge >= 0.3 is 0 Å². The molecule has 15 heavy (non-hydrogen) atoms. The maximum atomic E-state index is 11.3. The Morgan fingerprint density at radius 2 is 2.40 bits per heavy atom. The molecule has 5 nitrogen and oxygen atoms in total. The molecule has 7 heteroatoms. The molecule has 2 aromatic rings. The van der Waals surface area contributed by atoms with Crippen molar-refractivity contribution in [3.8, 4) is 0 Å². The quantitative estimate of drug-likeness (QED) is 0.670. The second-order valence-electron chi connectivity index (χ2n) is 2.71. The first-order valence-electron chi connectivity index (χ1n) is 4.00. The van der Waals surface area contributed by atoms with Crippen LogP contribution in [0.2, 0.25) is 0 Å². The number of H-pyrrole nitrogens is 1. The van der Waals surface area contributed by atoms with Gasteiger partial charge in [0.25, 0.3) is 10.8 Å². The van der Waals surface area contributed by atoms with Crippen LogP contribution in [0.3, 0.4) is 0 Å². The second kappa shape index (κ2) is 4.35. The van der Waals surface area contributed by atoms with E-state index in [2.05, 4.69) is 15.0 Å². The average Bonchev–Trinajstić information content (AvgIpc) is 2.59. The van der Waals surface area contributed by atoms with E-state index in [0.29, 0.717) is 13.8 Å². The molecular formula is C8H6IN3O2S. The SMILES string of the molecule is Cc1coc(Sc2nc[nH]c(=O)c2I)n1. The maximum Gasteiger partial charge on any atom is 0.265 e. The molecule has 0 amide bonds. The van der Waals surface area contributed by atoms with E-state index in [1.807, 2.05) is 29.5 Å². The van der Waals surface area contributed by atoms with Crippen LogP contribution in [0.5, 0.6) is 0 Å². The van der Waals surface area contributed by atoms with E-state index in [1.165, 1.54) is 18.1 Å². The predicted molar refractivity (Wildman–Crippen MR) is 62.9 cm³/mol. The molecule has 0 spiro atoms. The summed E-state index contributed by atoms with van der Waals surface area (Å²) in [4.78, 5) is 21.9. The molecule has 0 saturated heterocycles. The Kier molecular flexibility index (Phi) is 3.10. The molecule has 0 fully saturated rings. The summed E-state index contributed by atoms with van der Waals surface area (Å²) < 4.78 is 5.70. The number of rotatable bonds is 2. The molecule has 1 N–H and O–H groups in total. The van der Waals surface area contributed by atoms with Gasteiger partial charge in [-0.25, -0.2) is 9.97 Å². The van der Waals surface area contributed by atoms with Gasteiger partial charge in [-0.3, -0.25) is 4.79 Å². The lowest BCUT2D eigenvalue weighted by atomic mass is 10.6. The van der Waals surface area contributed by atoms with Gasteiger partial charge in [0.05, 0.1) is 12.0 Å². The van der Waals surface area contributed by atoms with Crippen LogP contribution in [-0.4, -0.2) is 15.0 Å². The first kappa shape index (κ1) is 10.7. The fourth-order valence-corrected chi connectivity index (χ4v) is 2.26. The van der Waals surface area contributed by atoms with Gasteiger partial charge in [-0.15, -0.1) is 0 Å². The van der Waals surface area contributed by atoms with Gasteiger partial charge in [-0.05, 0) is 41.3 Å². The molecule has 0 aromatic carbocycles. The third-order valence-corrected chi connectivity index (χ3v) is 3.78. The normalized spacial score (nSPS) is 10.5. The number of nitrogens with one attached hydrogen (secondary N) is 1. The maximum absolute atomic E-state index is 11.3. The minimum atomic E-state index is -0.156. The summed E-state index contributed by atoms with van der Waals surface area (Å²) in [5.41, 5.74) is 0.647. The summed E-state index contributed by atoms with van der Waals surface area (Å²) in [5.74, 6) is 0. The number of halogens is 1. The summed E-state index contributed by atoms with van der Waals surface area (Å²) in [6.07, 6.45) is 2.92. The van der Waals surface area contributed by atoms with E-state index >= 15 is 0 Å². The lowest BCUT2D eigenvalue weighted by Crippen LogP contribution is -2.10. The Labute approximate surface area is 103 Å². The van der Waals surface area contributed by atoms with Gasteiger partial charge in [0, 0.05) is 0 Å². The number of hydrogen-bond acceptors (Lipinski definition) is 5. The second-order valence-corrected chi connectivity index (χ2v) is 4.73. The van der Waals surface area contributed by atoms with Crippen molar-refractivity contribution in [1.82, 2.24) is 15.0 Å². The number of aromatic amines is 1. The van der Waals surface area contributed by atoms with Crippen molar-refractivity contribution in [3.63, 3.8) is 0 Å². The Morgan fingerprint density at radius 3 is 3.07 bits per heavy atom. The predicted octanol–water partition coefficient (Wildman–Crippen LogP) is 1.82. The molecule has 0 unspecified atom stereocenters. The van der Waals surface area contributed by atoms with Crippen molar-refractivity contribution in [3.05, 3.63) is 32.2 Å². The molecule has 0 bridgehead atoms. The molecule has 0 radical (unpaired) electrons. The smallest absolute Gasteiger partial charge is 0.265 e. The molecule has 2 aromatic heterocycles. The van der Waals surface area contributed by atoms with Crippen LogP contribution in [0.25, 0.3) is 0 Å². The summed E-state index contributed by atoms with van der Waals surface area (Å²) in [7, 11) is 0. The number of aryl methyl sites for hydroxylation is 1. The minimum Gasteiger partial charge on any atom is -0.439 e. The van der Waals surface area contributed by atoms with Crippen molar-refractivity contribution in [1.29, 1.82) is 0 Å². The summed E-state index contributed by atoms with van der Waals surface area (Å²) in [6, 6.07) is 0. The topological polar surface area (TPSA) is 71.8 Å². The molecular weight excluding hydrogens is 329 g/mol. The van der Waals surface area contributed by atoms with E-state index in [0.717, 1.165) is 5.69 Å². The first-order chi connectivity index (χ1) is 7.16. The molecule has 0 atom stereocenters. The van der Waals surface area contributed by atoms with Crippen LogP contribution in [0.15, 0.2) is 32.1 Å². The minimum absolute atomic E-state index is 0.156.